The van der Waals surface area contributed by atoms with Crippen LogP contribution in [0.4, 0.5) is 5.69 Å². The van der Waals surface area contributed by atoms with Gasteiger partial charge in [0.25, 0.3) is 0 Å². The smallest absolute Gasteiger partial charge is 0.221 e. The van der Waals surface area contributed by atoms with E-state index in [2.05, 4.69) is 31.5 Å². The first-order chi connectivity index (χ1) is 12.2. The Morgan fingerprint density at radius 3 is 2.52 bits per heavy atom. The van der Waals surface area contributed by atoms with E-state index in [0.717, 1.165) is 55.8 Å². The lowest BCUT2D eigenvalue weighted by Gasteiger charge is -2.38. The Hall–Kier alpha value is -1.95. The van der Waals surface area contributed by atoms with Crippen molar-refractivity contribution in [3.63, 3.8) is 0 Å². The summed E-state index contributed by atoms with van der Waals surface area (Å²) in [4.78, 5) is 20.5. The number of aliphatic imine (C=N–C) groups is 1. The third kappa shape index (κ3) is 5.81. The Morgan fingerprint density at radius 2 is 1.88 bits per heavy atom. The molecular weight excluding hydrogens is 338 g/mol. The predicted molar refractivity (Wildman–Crippen MR) is 105 cm³/mol. The normalized spacial score (nSPS) is 15.2. The van der Waals surface area contributed by atoms with Gasteiger partial charge in [-0.1, -0.05) is 30.7 Å². The Balaban J connectivity index is 1.78. The molecule has 1 fully saturated rings. The monoisotopic (exact) mass is 365 g/mol. The number of hydrogen-bond acceptors (Lipinski definition) is 3. The molecule has 2 N–H and O–H groups in total. The van der Waals surface area contributed by atoms with Crippen molar-refractivity contribution in [2.24, 2.45) is 4.99 Å². The first-order valence-electron chi connectivity index (χ1n) is 8.87. The third-order valence-electron chi connectivity index (χ3n) is 4.19. The maximum atomic E-state index is 11.7. The van der Waals surface area contributed by atoms with Gasteiger partial charge in [-0.05, 0) is 18.6 Å². The van der Waals surface area contributed by atoms with Crippen molar-refractivity contribution >= 4 is 29.2 Å². The van der Waals surface area contributed by atoms with Crippen molar-refractivity contribution in [2.45, 2.75) is 19.8 Å². The first kappa shape index (κ1) is 19.4. The fraction of sp³-hybridized carbons (Fsp3) is 0.556. The number of piperazine rings is 1. The van der Waals surface area contributed by atoms with Crippen molar-refractivity contribution < 1.29 is 4.79 Å². The van der Waals surface area contributed by atoms with E-state index in [-0.39, 0.29) is 5.91 Å². The molecule has 1 aromatic rings. The minimum Gasteiger partial charge on any atom is -0.367 e. The van der Waals surface area contributed by atoms with Crippen molar-refractivity contribution in [1.29, 1.82) is 0 Å². The molecule has 0 aromatic heterocycles. The molecule has 0 unspecified atom stereocenters. The standard InChI is InChI=1S/C18H28ClN5O/c1-3-9-21-17(25)8-10-22-18(20-2)24-13-11-23(12-14-24)16-7-5-4-6-15(16)19/h4-7H,3,8-14H2,1-2H3,(H,20,22)(H,21,25). The molecule has 1 heterocycles. The van der Waals surface area contributed by atoms with E-state index in [9.17, 15) is 4.79 Å². The highest BCUT2D eigenvalue weighted by Gasteiger charge is 2.20. The molecule has 1 amide bonds. The highest BCUT2D eigenvalue weighted by Crippen LogP contribution is 2.25. The van der Waals surface area contributed by atoms with E-state index in [4.69, 9.17) is 11.6 Å². The lowest BCUT2D eigenvalue weighted by molar-refractivity contribution is -0.120. The number of carbonyl (C=O) groups is 1. The number of guanidine groups is 1. The summed E-state index contributed by atoms with van der Waals surface area (Å²) in [7, 11) is 1.78. The van der Waals surface area contributed by atoms with Gasteiger partial charge in [-0.15, -0.1) is 0 Å². The maximum absolute atomic E-state index is 11.7. The van der Waals surface area contributed by atoms with E-state index in [1.54, 1.807) is 7.05 Å². The molecule has 7 heteroatoms. The molecule has 6 nitrogen and oxygen atoms in total. The molecule has 0 atom stereocenters. The van der Waals surface area contributed by atoms with Crippen molar-refractivity contribution in [2.75, 3.05) is 51.2 Å². The first-order valence-corrected chi connectivity index (χ1v) is 9.25. The molecule has 138 valence electrons. The van der Waals surface area contributed by atoms with Gasteiger partial charge in [0.15, 0.2) is 5.96 Å². The number of para-hydroxylation sites is 1. The second-order valence-corrected chi connectivity index (χ2v) is 6.41. The SMILES string of the molecule is CCCNC(=O)CCNC(=NC)N1CCN(c2ccccc2Cl)CC1. The number of nitrogens with one attached hydrogen (secondary N) is 2. The summed E-state index contributed by atoms with van der Waals surface area (Å²) in [5.74, 6) is 0.926. The molecule has 2 rings (SSSR count). The van der Waals surface area contributed by atoms with E-state index in [0.29, 0.717) is 13.0 Å². The summed E-state index contributed by atoms with van der Waals surface area (Å²) < 4.78 is 0. The van der Waals surface area contributed by atoms with Crippen LogP contribution in [0, 0.1) is 0 Å². The van der Waals surface area contributed by atoms with E-state index in [1.807, 2.05) is 25.1 Å². The Kier molecular flexibility index (Phi) is 7.85. The molecule has 0 saturated carbocycles. The van der Waals surface area contributed by atoms with Crippen molar-refractivity contribution in [1.82, 2.24) is 15.5 Å². The zero-order valence-corrected chi connectivity index (χ0v) is 15.9. The number of anilines is 1. The summed E-state index contributed by atoms with van der Waals surface area (Å²) in [6, 6.07) is 7.94. The molecule has 1 aliphatic heterocycles. The van der Waals surface area contributed by atoms with Gasteiger partial charge in [0.2, 0.25) is 5.91 Å². The number of amides is 1. The molecule has 0 bridgehead atoms. The van der Waals surface area contributed by atoms with Gasteiger partial charge in [-0.2, -0.15) is 0 Å². The number of carbonyl (C=O) groups excluding carboxylic acids is 1. The van der Waals surface area contributed by atoms with Crippen LogP contribution in [0.3, 0.4) is 0 Å². The summed E-state index contributed by atoms with van der Waals surface area (Å²) >= 11 is 6.29. The maximum Gasteiger partial charge on any atom is 0.221 e. The van der Waals surface area contributed by atoms with Crippen LogP contribution < -0.4 is 15.5 Å². The Morgan fingerprint density at radius 1 is 1.16 bits per heavy atom. The Bertz CT molecular complexity index is 585. The van der Waals surface area contributed by atoms with E-state index >= 15 is 0 Å². The summed E-state index contributed by atoms with van der Waals surface area (Å²) in [6.45, 7) is 6.88. The fourth-order valence-electron chi connectivity index (χ4n) is 2.84. The number of rotatable bonds is 6. The average Bonchev–Trinajstić information content (AvgIpc) is 2.64. The number of halogens is 1. The molecule has 0 spiro atoms. The molecule has 1 aromatic carbocycles. The zero-order chi connectivity index (χ0) is 18.1. The molecule has 1 aliphatic rings. The van der Waals surface area contributed by atoms with Crippen LogP contribution >= 0.6 is 11.6 Å². The van der Waals surface area contributed by atoms with Crippen LogP contribution in [0.25, 0.3) is 0 Å². The third-order valence-corrected chi connectivity index (χ3v) is 4.51. The van der Waals surface area contributed by atoms with Crippen molar-refractivity contribution in [3.05, 3.63) is 29.3 Å². The highest BCUT2D eigenvalue weighted by molar-refractivity contribution is 6.33. The summed E-state index contributed by atoms with van der Waals surface area (Å²) in [5.41, 5.74) is 1.08. The Labute approximate surface area is 155 Å². The van der Waals surface area contributed by atoms with E-state index in [1.165, 1.54) is 0 Å². The van der Waals surface area contributed by atoms with Crippen LogP contribution in [0.15, 0.2) is 29.3 Å². The highest BCUT2D eigenvalue weighted by atomic mass is 35.5. The lowest BCUT2D eigenvalue weighted by Crippen LogP contribution is -2.53. The summed E-state index contributed by atoms with van der Waals surface area (Å²) in [5, 5.41) is 6.95. The van der Waals surface area contributed by atoms with Crippen LogP contribution in [0.1, 0.15) is 19.8 Å². The van der Waals surface area contributed by atoms with Crippen LogP contribution in [-0.2, 0) is 4.79 Å². The average molecular weight is 366 g/mol. The molecule has 1 saturated heterocycles. The molecule has 0 radical (unpaired) electrons. The molecule has 0 aliphatic carbocycles. The van der Waals surface area contributed by atoms with Gasteiger partial charge < -0.3 is 20.4 Å². The second-order valence-electron chi connectivity index (χ2n) is 6.00. The van der Waals surface area contributed by atoms with E-state index < -0.39 is 0 Å². The number of nitrogens with zero attached hydrogens (tertiary/aromatic N) is 3. The van der Waals surface area contributed by atoms with Crippen molar-refractivity contribution in [3.8, 4) is 0 Å². The van der Waals surface area contributed by atoms with Crippen LogP contribution in [-0.4, -0.2) is 63.1 Å². The van der Waals surface area contributed by atoms with Gasteiger partial charge >= 0.3 is 0 Å². The fourth-order valence-corrected chi connectivity index (χ4v) is 3.10. The second kappa shape index (κ2) is 10.1. The molecular formula is C18H28ClN5O. The quantitative estimate of drug-likeness (QED) is 0.597. The number of hydrogen-bond donors (Lipinski definition) is 2. The van der Waals surface area contributed by atoms with Crippen LogP contribution in [0.5, 0.6) is 0 Å². The van der Waals surface area contributed by atoms with Gasteiger partial charge in [0.1, 0.15) is 0 Å². The molecule has 25 heavy (non-hydrogen) atoms. The largest absolute Gasteiger partial charge is 0.367 e. The zero-order valence-electron chi connectivity index (χ0n) is 15.1. The van der Waals surface area contributed by atoms with Gasteiger partial charge in [-0.3, -0.25) is 9.79 Å². The topological polar surface area (TPSA) is 60.0 Å². The van der Waals surface area contributed by atoms with Crippen LogP contribution in [0.2, 0.25) is 5.02 Å². The minimum absolute atomic E-state index is 0.0772. The number of benzene rings is 1. The minimum atomic E-state index is 0.0772. The van der Waals surface area contributed by atoms with Gasteiger partial charge in [0.05, 0.1) is 10.7 Å². The summed E-state index contributed by atoms with van der Waals surface area (Å²) in [6.07, 6.45) is 1.41. The lowest BCUT2D eigenvalue weighted by atomic mass is 10.2. The van der Waals surface area contributed by atoms with Gasteiger partial charge in [-0.25, -0.2) is 0 Å². The van der Waals surface area contributed by atoms with Gasteiger partial charge in [0, 0.05) is 52.7 Å². The predicted octanol–water partition coefficient (Wildman–Crippen LogP) is 1.95.